The maximum atomic E-state index is 12.3. The van der Waals surface area contributed by atoms with Gasteiger partial charge in [-0.2, -0.15) is 0 Å². The van der Waals surface area contributed by atoms with Crippen molar-refractivity contribution in [1.29, 1.82) is 0 Å². The van der Waals surface area contributed by atoms with Crippen molar-refractivity contribution >= 4 is 70.1 Å². The van der Waals surface area contributed by atoms with Gasteiger partial charge in [-0.25, -0.2) is 4.79 Å². The Labute approximate surface area is 257 Å². The van der Waals surface area contributed by atoms with Crippen molar-refractivity contribution in [1.82, 2.24) is 0 Å². The van der Waals surface area contributed by atoms with Crippen molar-refractivity contribution < 1.29 is 13.3 Å². The van der Waals surface area contributed by atoms with Crippen LogP contribution in [-0.2, 0) is 0 Å². The molecule has 6 nitrogen and oxygen atoms in total. The van der Waals surface area contributed by atoms with E-state index in [2.05, 4.69) is 37.2 Å². The molecule has 0 spiro atoms. The van der Waals surface area contributed by atoms with Crippen LogP contribution in [0.5, 0.6) is 0 Å². The molecule has 0 radical (unpaired) electrons. The number of rotatable bonds is 1. The van der Waals surface area contributed by atoms with Crippen molar-refractivity contribution in [3.8, 4) is 11.1 Å². The zero-order valence-corrected chi connectivity index (χ0v) is 25.7. The average Bonchev–Trinajstić information content (AvgIpc) is 3.04. The number of hydrogen-bond acceptors (Lipinski definition) is 6. The molecule has 7 aromatic rings. The highest BCUT2D eigenvalue weighted by Gasteiger charge is 2.07. The largest absolute Gasteiger partial charge is 0.464 e. The molecule has 0 bridgehead atoms. The van der Waals surface area contributed by atoms with Gasteiger partial charge in [0.05, 0.1) is 22.6 Å². The molecule has 0 aliphatic rings. The lowest BCUT2D eigenvalue weighted by molar-refractivity contribution is 0.561. The molecule has 0 aliphatic carbocycles. The van der Waals surface area contributed by atoms with Gasteiger partial charge < -0.3 is 13.3 Å². The maximum absolute atomic E-state index is 12.3. The molecular formula is C33H22I2O6. The van der Waals surface area contributed by atoms with Crippen molar-refractivity contribution in [2.24, 2.45) is 0 Å². The minimum Gasteiger partial charge on any atom is -0.464 e. The molecule has 0 amide bonds. The van der Waals surface area contributed by atoms with Gasteiger partial charge in [-0.1, -0.05) is 72.8 Å². The second-order valence-electron chi connectivity index (χ2n) is 8.41. The minimum absolute atomic E-state index is 0.00634. The molecule has 204 valence electrons. The third-order valence-electron chi connectivity index (χ3n) is 5.86. The Morgan fingerprint density at radius 2 is 1.10 bits per heavy atom. The molecule has 7 rings (SSSR count). The summed E-state index contributed by atoms with van der Waals surface area (Å²) in [4.78, 5) is 34.1. The molecule has 3 aromatic heterocycles. The molecule has 0 atom stereocenters. The molecule has 0 saturated carbocycles. The van der Waals surface area contributed by atoms with Crippen LogP contribution < -0.4 is 16.5 Å². The fourth-order valence-corrected chi connectivity index (χ4v) is 3.94. The van der Waals surface area contributed by atoms with E-state index in [1.807, 2.05) is 72.8 Å². The Morgan fingerprint density at radius 3 is 1.80 bits per heavy atom. The summed E-state index contributed by atoms with van der Waals surface area (Å²) in [6.45, 7) is 0. The molecule has 41 heavy (non-hydrogen) atoms. The zero-order valence-electron chi connectivity index (χ0n) is 21.4. The van der Waals surface area contributed by atoms with Crippen molar-refractivity contribution in [3.05, 3.63) is 165 Å². The van der Waals surface area contributed by atoms with E-state index < -0.39 is 0 Å². The number of hydrogen-bond donors (Lipinski definition) is 0. The summed E-state index contributed by atoms with van der Waals surface area (Å²) in [6.07, 6.45) is 2.94. The van der Waals surface area contributed by atoms with E-state index in [0.717, 1.165) is 10.9 Å². The first kappa shape index (κ1) is 29.9. The summed E-state index contributed by atoms with van der Waals surface area (Å²) in [5, 5.41) is 2.20. The highest BCUT2D eigenvalue weighted by Crippen LogP contribution is 2.19. The number of fused-ring (bicyclic) bond motifs is 3. The van der Waals surface area contributed by atoms with E-state index >= 15 is 0 Å². The SMILES string of the molecule is II.O=c1c(-c2ccccc2)coc2ccccc12.O=c1ccc2ccccc2o1.O=c1ccoc2ccccc12. The lowest BCUT2D eigenvalue weighted by Gasteiger charge is -2.01. The minimum atomic E-state index is -0.302. The second-order valence-corrected chi connectivity index (χ2v) is 8.41. The topological polar surface area (TPSA) is 90.6 Å². The molecule has 0 fully saturated rings. The third-order valence-corrected chi connectivity index (χ3v) is 5.86. The van der Waals surface area contributed by atoms with Crippen LogP contribution >= 0.6 is 37.2 Å². The maximum Gasteiger partial charge on any atom is 0.336 e. The normalized spacial score (nSPS) is 10.0. The van der Waals surface area contributed by atoms with Crippen LogP contribution in [0.15, 0.2) is 161 Å². The first-order valence-corrected chi connectivity index (χ1v) is 18.5. The summed E-state index contributed by atoms with van der Waals surface area (Å²) in [5.74, 6) is 0. The van der Waals surface area contributed by atoms with E-state index in [0.29, 0.717) is 33.1 Å². The van der Waals surface area contributed by atoms with Crippen LogP contribution in [0.4, 0.5) is 0 Å². The van der Waals surface area contributed by atoms with Crippen LogP contribution in [0.3, 0.4) is 0 Å². The van der Waals surface area contributed by atoms with Crippen LogP contribution in [0, 0.1) is 0 Å². The zero-order chi connectivity index (χ0) is 29.0. The molecule has 3 heterocycles. The second kappa shape index (κ2) is 15.1. The highest BCUT2D eigenvalue weighted by molar-refractivity contribution is 15.0. The number of halogens is 2. The van der Waals surface area contributed by atoms with Crippen LogP contribution in [-0.4, -0.2) is 0 Å². The standard InChI is InChI=1S/C15H10O2.2C9H6O2.I2/c16-15-12-8-4-5-9-14(12)17-10-13(15)11-6-2-1-3-7-11;10-8-5-6-11-9-4-2-1-3-7(8)9;10-9-6-5-7-3-1-2-4-8(7)11-9;1-2/h1-10H;2*1-6H;. The van der Waals surface area contributed by atoms with Gasteiger partial charge in [0.2, 0.25) is 0 Å². The van der Waals surface area contributed by atoms with Gasteiger partial charge in [0, 0.05) is 54.8 Å². The van der Waals surface area contributed by atoms with Gasteiger partial charge in [0.15, 0.2) is 10.9 Å². The van der Waals surface area contributed by atoms with Gasteiger partial charge >= 0.3 is 5.63 Å². The third kappa shape index (κ3) is 7.80. The van der Waals surface area contributed by atoms with Crippen molar-refractivity contribution in [3.63, 3.8) is 0 Å². The van der Waals surface area contributed by atoms with Crippen molar-refractivity contribution in [2.75, 3.05) is 0 Å². The predicted molar refractivity (Wildman–Crippen MR) is 181 cm³/mol. The highest BCUT2D eigenvalue weighted by atomic mass is 128. The fourth-order valence-electron chi connectivity index (χ4n) is 3.94. The van der Waals surface area contributed by atoms with E-state index in [4.69, 9.17) is 13.3 Å². The monoisotopic (exact) mass is 768 g/mol. The van der Waals surface area contributed by atoms with Gasteiger partial charge in [-0.15, -0.1) is 0 Å². The first-order valence-electron chi connectivity index (χ1n) is 12.3. The number of benzene rings is 4. The van der Waals surface area contributed by atoms with E-state index in [1.54, 1.807) is 36.4 Å². The Kier molecular flexibility index (Phi) is 11.0. The quantitative estimate of drug-likeness (QED) is 0.123. The van der Waals surface area contributed by atoms with E-state index in [9.17, 15) is 14.4 Å². The van der Waals surface area contributed by atoms with Gasteiger partial charge in [-0.3, -0.25) is 9.59 Å². The molecular weight excluding hydrogens is 746 g/mol. The summed E-state index contributed by atoms with van der Waals surface area (Å²) >= 11 is 4.24. The summed E-state index contributed by atoms with van der Waals surface area (Å²) in [6, 6.07) is 36.0. The first-order chi connectivity index (χ1) is 20.1. The summed E-state index contributed by atoms with van der Waals surface area (Å²) in [5.41, 5.74) is 3.10. The Morgan fingerprint density at radius 1 is 0.512 bits per heavy atom. The Balaban J connectivity index is 0.000000142. The smallest absolute Gasteiger partial charge is 0.336 e. The summed E-state index contributed by atoms with van der Waals surface area (Å²) in [7, 11) is 0. The molecule has 0 saturated heterocycles. The Bertz CT molecular complexity index is 2030. The van der Waals surface area contributed by atoms with Gasteiger partial charge in [-0.05, 0) is 42.0 Å². The molecule has 0 aliphatic heterocycles. The fraction of sp³-hybridized carbons (Fsp3) is 0. The number of para-hydroxylation sites is 3. The van der Waals surface area contributed by atoms with Crippen LogP contribution in [0.2, 0.25) is 0 Å². The van der Waals surface area contributed by atoms with Crippen molar-refractivity contribution in [2.45, 2.75) is 0 Å². The van der Waals surface area contributed by atoms with E-state index in [1.165, 1.54) is 24.7 Å². The van der Waals surface area contributed by atoms with Crippen LogP contribution in [0.25, 0.3) is 44.0 Å². The van der Waals surface area contributed by atoms with Gasteiger partial charge in [0.1, 0.15) is 23.0 Å². The average molecular weight is 768 g/mol. The van der Waals surface area contributed by atoms with E-state index in [-0.39, 0.29) is 16.5 Å². The molecule has 8 heteroatoms. The molecule has 0 unspecified atom stereocenters. The van der Waals surface area contributed by atoms with Crippen LogP contribution in [0.1, 0.15) is 0 Å². The Hall–Kier alpha value is -4.03. The predicted octanol–water partition coefficient (Wildman–Crippen LogP) is 8.82. The molecule has 4 aromatic carbocycles. The lowest BCUT2D eigenvalue weighted by atomic mass is 10.1. The molecule has 0 N–H and O–H groups in total. The van der Waals surface area contributed by atoms with Gasteiger partial charge in [0.25, 0.3) is 0 Å². The summed E-state index contributed by atoms with van der Waals surface area (Å²) < 4.78 is 15.5. The lowest BCUT2D eigenvalue weighted by Crippen LogP contribution is -2.04.